The van der Waals surface area contributed by atoms with E-state index in [4.69, 9.17) is 9.97 Å². The first-order valence-corrected chi connectivity index (χ1v) is 9.71. The molecule has 24 heavy (non-hydrogen) atoms. The highest BCUT2D eigenvalue weighted by Gasteiger charge is 2.28. The zero-order valence-corrected chi connectivity index (χ0v) is 14.7. The van der Waals surface area contributed by atoms with Gasteiger partial charge in [0.25, 0.3) is 0 Å². The molecule has 128 valence electrons. The molecule has 4 heterocycles. The second-order valence-corrected chi connectivity index (χ2v) is 7.63. The molecule has 5 rings (SSSR count). The Bertz CT molecular complexity index is 766. The standard InChI is InChI=1S/C19H27N5/c1-22-15-9-3-2-8-14(15)16-17(22)20-19(24-12-6-7-13-24)21-18(16)23-10-4-5-11-23/h2-13H2,1H3. The highest BCUT2D eigenvalue weighted by atomic mass is 15.3. The van der Waals surface area contributed by atoms with Crippen molar-refractivity contribution in [2.45, 2.75) is 51.4 Å². The van der Waals surface area contributed by atoms with Crippen molar-refractivity contribution in [2.75, 3.05) is 36.0 Å². The molecule has 0 unspecified atom stereocenters. The highest BCUT2D eigenvalue weighted by molar-refractivity contribution is 5.94. The van der Waals surface area contributed by atoms with Crippen LogP contribution in [0.1, 0.15) is 49.8 Å². The molecular weight excluding hydrogens is 298 g/mol. The lowest BCUT2D eigenvalue weighted by Gasteiger charge is -2.22. The summed E-state index contributed by atoms with van der Waals surface area (Å²) in [5.74, 6) is 2.18. The van der Waals surface area contributed by atoms with Crippen LogP contribution in [-0.2, 0) is 19.9 Å². The van der Waals surface area contributed by atoms with Crippen molar-refractivity contribution in [1.82, 2.24) is 14.5 Å². The van der Waals surface area contributed by atoms with Crippen LogP contribution in [-0.4, -0.2) is 40.7 Å². The number of aromatic nitrogens is 3. The number of aryl methyl sites for hydroxylation is 2. The fraction of sp³-hybridized carbons (Fsp3) is 0.684. The van der Waals surface area contributed by atoms with Gasteiger partial charge in [-0.05, 0) is 56.9 Å². The average Bonchev–Trinajstić information content (AvgIpc) is 3.36. The molecule has 0 radical (unpaired) electrons. The lowest BCUT2D eigenvalue weighted by Crippen LogP contribution is -2.24. The Labute approximate surface area is 143 Å². The first-order chi connectivity index (χ1) is 11.8. The van der Waals surface area contributed by atoms with Gasteiger partial charge in [0.15, 0.2) is 0 Å². The molecule has 0 N–H and O–H groups in total. The van der Waals surface area contributed by atoms with Crippen LogP contribution in [0.5, 0.6) is 0 Å². The van der Waals surface area contributed by atoms with Crippen LogP contribution in [0.15, 0.2) is 0 Å². The first-order valence-electron chi connectivity index (χ1n) is 9.71. The van der Waals surface area contributed by atoms with E-state index >= 15 is 0 Å². The maximum atomic E-state index is 5.11. The Morgan fingerprint density at radius 2 is 1.42 bits per heavy atom. The third kappa shape index (κ3) is 2.13. The molecule has 0 aromatic carbocycles. The molecule has 2 aliphatic heterocycles. The van der Waals surface area contributed by atoms with E-state index in [1.165, 1.54) is 79.5 Å². The summed E-state index contributed by atoms with van der Waals surface area (Å²) in [5.41, 5.74) is 4.21. The molecule has 2 aromatic rings. The monoisotopic (exact) mass is 325 g/mol. The predicted octanol–water partition coefficient (Wildman–Crippen LogP) is 3.05. The normalized spacial score (nSPS) is 21.0. The number of anilines is 2. The zero-order valence-electron chi connectivity index (χ0n) is 14.7. The molecule has 0 atom stereocenters. The number of fused-ring (bicyclic) bond motifs is 3. The molecule has 0 bridgehead atoms. The second-order valence-electron chi connectivity index (χ2n) is 7.63. The highest BCUT2D eigenvalue weighted by Crippen LogP contribution is 2.38. The van der Waals surface area contributed by atoms with E-state index in [0.29, 0.717) is 0 Å². The quantitative estimate of drug-likeness (QED) is 0.850. The van der Waals surface area contributed by atoms with E-state index in [-0.39, 0.29) is 0 Å². The van der Waals surface area contributed by atoms with Crippen molar-refractivity contribution < 1.29 is 0 Å². The van der Waals surface area contributed by atoms with Gasteiger partial charge < -0.3 is 14.4 Å². The van der Waals surface area contributed by atoms with Gasteiger partial charge in [-0.15, -0.1) is 0 Å². The fourth-order valence-corrected chi connectivity index (χ4v) is 4.81. The minimum absolute atomic E-state index is 0.958. The number of rotatable bonds is 2. The molecular formula is C19H27N5. The molecule has 3 aliphatic rings. The molecule has 0 saturated carbocycles. The molecule has 5 nitrogen and oxygen atoms in total. The maximum absolute atomic E-state index is 5.11. The Balaban J connectivity index is 1.74. The summed E-state index contributed by atoms with van der Waals surface area (Å²) in [6, 6.07) is 0. The molecule has 0 amide bonds. The first kappa shape index (κ1) is 14.6. The van der Waals surface area contributed by atoms with Crippen molar-refractivity contribution in [1.29, 1.82) is 0 Å². The van der Waals surface area contributed by atoms with Crippen molar-refractivity contribution >= 4 is 22.8 Å². The summed E-state index contributed by atoms with van der Waals surface area (Å²) in [5, 5.41) is 1.36. The lowest BCUT2D eigenvalue weighted by atomic mass is 9.96. The second kappa shape index (κ2) is 5.64. The molecule has 5 heteroatoms. The Hall–Kier alpha value is -1.78. The van der Waals surface area contributed by atoms with Crippen LogP contribution in [0.25, 0.3) is 11.0 Å². The van der Waals surface area contributed by atoms with Crippen molar-refractivity contribution in [2.24, 2.45) is 7.05 Å². The molecule has 2 fully saturated rings. The van der Waals surface area contributed by atoms with Crippen LogP contribution >= 0.6 is 0 Å². The van der Waals surface area contributed by atoms with E-state index in [1.807, 2.05) is 0 Å². The van der Waals surface area contributed by atoms with Gasteiger partial charge in [0.2, 0.25) is 5.95 Å². The minimum Gasteiger partial charge on any atom is -0.356 e. The van der Waals surface area contributed by atoms with Crippen LogP contribution < -0.4 is 9.80 Å². The number of hydrogen-bond acceptors (Lipinski definition) is 4. The summed E-state index contributed by atoms with van der Waals surface area (Å²) < 4.78 is 2.37. The molecule has 2 saturated heterocycles. The molecule has 2 aromatic heterocycles. The van der Waals surface area contributed by atoms with Gasteiger partial charge >= 0.3 is 0 Å². The van der Waals surface area contributed by atoms with Crippen LogP contribution in [0, 0.1) is 0 Å². The van der Waals surface area contributed by atoms with Crippen molar-refractivity contribution in [3.63, 3.8) is 0 Å². The third-order valence-electron chi connectivity index (χ3n) is 6.12. The fourth-order valence-electron chi connectivity index (χ4n) is 4.81. The Morgan fingerprint density at radius 1 is 0.750 bits per heavy atom. The Kier molecular flexibility index (Phi) is 3.42. The van der Waals surface area contributed by atoms with Gasteiger partial charge in [-0.3, -0.25) is 0 Å². The van der Waals surface area contributed by atoms with E-state index < -0.39 is 0 Å². The van der Waals surface area contributed by atoms with Crippen molar-refractivity contribution in [3.8, 4) is 0 Å². The molecule has 1 aliphatic carbocycles. The van der Waals surface area contributed by atoms with E-state index in [9.17, 15) is 0 Å². The summed E-state index contributed by atoms with van der Waals surface area (Å²) in [6.07, 6.45) is 10.1. The zero-order chi connectivity index (χ0) is 16.1. The van der Waals surface area contributed by atoms with E-state index in [0.717, 1.165) is 32.1 Å². The van der Waals surface area contributed by atoms with Gasteiger partial charge in [0.1, 0.15) is 11.5 Å². The van der Waals surface area contributed by atoms with Gasteiger partial charge in [-0.2, -0.15) is 9.97 Å². The summed E-state index contributed by atoms with van der Waals surface area (Å²) >= 11 is 0. The largest absolute Gasteiger partial charge is 0.356 e. The van der Waals surface area contributed by atoms with Crippen LogP contribution in [0.2, 0.25) is 0 Å². The van der Waals surface area contributed by atoms with Gasteiger partial charge in [0.05, 0.1) is 5.39 Å². The van der Waals surface area contributed by atoms with Crippen LogP contribution in [0.3, 0.4) is 0 Å². The average molecular weight is 325 g/mol. The van der Waals surface area contributed by atoms with Crippen molar-refractivity contribution in [3.05, 3.63) is 11.3 Å². The number of nitrogens with zero attached hydrogens (tertiary/aromatic N) is 5. The topological polar surface area (TPSA) is 37.2 Å². The van der Waals surface area contributed by atoms with E-state index in [1.54, 1.807) is 0 Å². The third-order valence-corrected chi connectivity index (χ3v) is 6.12. The minimum atomic E-state index is 0.958. The summed E-state index contributed by atoms with van der Waals surface area (Å²) in [6.45, 7) is 4.51. The van der Waals surface area contributed by atoms with Gasteiger partial charge in [-0.25, -0.2) is 0 Å². The maximum Gasteiger partial charge on any atom is 0.229 e. The SMILES string of the molecule is Cn1c2c(c3c(N4CCCC4)nc(N4CCCC4)nc31)CCCC2. The van der Waals surface area contributed by atoms with Gasteiger partial charge in [0, 0.05) is 38.9 Å². The Morgan fingerprint density at radius 3 is 2.17 bits per heavy atom. The number of hydrogen-bond donors (Lipinski definition) is 0. The summed E-state index contributed by atoms with van der Waals surface area (Å²) in [4.78, 5) is 15.1. The van der Waals surface area contributed by atoms with Crippen LogP contribution in [0.4, 0.5) is 11.8 Å². The summed E-state index contributed by atoms with van der Waals surface area (Å²) in [7, 11) is 2.21. The van der Waals surface area contributed by atoms with E-state index in [2.05, 4.69) is 21.4 Å². The van der Waals surface area contributed by atoms with Gasteiger partial charge in [-0.1, -0.05) is 0 Å². The lowest BCUT2D eigenvalue weighted by molar-refractivity contribution is 0.652. The predicted molar refractivity (Wildman–Crippen MR) is 98.0 cm³/mol. The molecule has 0 spiro atoms. The smallest absolute Gasteiger partial charge is 0.229 e.